The van der Waals surface area contributed by atoms with E-state index in [4.69, 9.17) is 0 Å². The first-order valence-electron chi connectivity index (χ1n) is 6.04. The van der Waals surface area contributed by atoms with Crippen molar-refractivity contribution in [2.45, 2.75) is 46.1 Å². The van der Waals surface area contributed by atoms with Gasteiger partial charge in [-0.15, -0.1) is 0 Å². The van der Waals surface area contributed by atoms with E-state index in [9.17, 15) is 5.11 Å². The number of aryl methyl sites for hydroxylation is 2. The van der Waals surface area contributed by atoms with E-state index in [1.54, 1.807) is 0 Å². The lowest BCUT2D eigenvalue weighted by Gasteiger charge is -2.28. The summed E-state index contributed by atoms with van der Waals surface area (Å²) in [5.74, 6) is 0. The van der Waals surface area contributed by atoms with Crippen LogP contribution in [-0.2, 0) is 12.8 Å². The molecule has 0 atom stereocenters. The Morgan fingerprint density at radius 1 is 1.12 bits per heavy atom. The van der Waals surface area contributed by atoms with E-state index in [0.717, 1.165) is 12.8 Å². The summed E-state index contributed by atoms with van der Waals surface area (Å²) in [4.78, 5) is 0. The Hall–Kier alpha value is -1.02. The number of anilines is 1. The molecule has 90 valence electrons. The first-order valence-corrected chi connectivity index (χ1v) is 6.04. The van der Waals surface area contributed by atoms with Gasteiger partial charge in [-0.25, -0.2) is 0 Å². The van der Waals surface area contributed by atoms with E-state index >= 15 is 0 Å². The molecular weight excluding hydrogens is 198 g/mol. The molecule has 0 amide bonds. The van der Waals surface area contributed by atoms with Gasteiger partial charge >= 0.3 is 0 Å². The average Bonchev–Trinajstić information content (AvgIpc) is 2.29. The van der Waals surface area contributed by atoms with Crippen molar-refractivity contribution in [1.29, 1.82) is 0 Å². The zero-order chi connectivity index (χ0) is 12.2. The van der Waals surface area contributed by atoms with E-state index in [-0.39, 0.29) is 12.1 Å². The molecule has 2 nitrogen and oxygen atoms in total. The molecule has 0 saturated carbocycles. The average molecular weight is 221 g/mol. The Balaban J connectivity index is 3.09. The molecule has 0 aliphatic rings. The maximum atomic E-state index is 9.32. The van der Waals surface area contributed by atoms with Gasteiger partial charge < -0.3 is 10.4 Å². The van der Waals surface area contributed by atoms with E-state index in [2.05, 4.69) is 37.4 Å². The van der Waals surface area contributed by atoms with E-state index < -0.39 is 0 Å². The fraction of sp³-hybridized carbons (Fsp3) is 0.571. The summed E-state index contributed by atoms with van der Waals surface area (Å²) in [6.45, 7) is 8.48. The number of hydrogen-bond donors (Lipinski definition) is 2. The van der Waals surface area contributed by atoms with Crippen molar-refractivity contribution in [2.24, 2.45) is 0 Å². The topological polar surface area (TPSA) is 32.3 Å². The molecule has 2 N–H and O–H groups in total. The second kappa shape index (κ2) is 5.35. The normalized spacial score (nSPS) is 11.6. The first kappa shape index (κ1) is 13.0. The molecule has 0 bridgehead atoms. The Bertz CT molecular complexity index is 322. The van der Waals surface area contributed by atoms with Gasteiger partial charge in [0.2, 0.25) is 0 Å². The summed E-state index contributed by atoms with van der Waals surface area (Å²) >= 11 is 0. The number of hydrogen-bond acceptors (Lipinski definition) is 2. The molecule has 0 heterocycles. The molecule has 0 radical (unpaired) electrons. The van der Waals surface area contributed by atoms with Gasteiger partial charge in [-0.05, 0) is 37.8 Å². The number of nitrogens with one attached hydrogen (secondary N) is 1. The van der Waals surface area contributed by atoms with Crippen molar-refractivity contribution in [2.75, 3.05) is 11.9 Å². The summed E-state index contributed by atoms with van der Waals surface area (Å²) in [6.07, 6.45) is 2.02. The largest absolute Gasteiger partial charge is 0.394 e. The van der Waals surface area contributed by atoms with Crippen molar-refractivity contribution < 1.29 is 5.11 Å². The van der Waals surface area contributed by atoms with Crippen molar-refractivity contribution >= 4 is 5.69 Å². The first-order chi connectivity index (χ1) is 7.54. The minimum Gasteiger partial charge on any atom is -0.394 e. The van der Waals surface area contributed by atoms with Gasteiger partial charge in [0.05, 0.1) is 12.1 Å². The highest BCUT2D eigenvalue weighted by Crippen LogP contribution is 2.25. The molecule has 0 unspecified atom stereocenters. The smallest absolute Gasteiger partial charge is 0.0656 e. The van der Waals surface area contributed by atoms with Crippen LogP contribution in [-0.4, -0.2) is 17.3 Å². The van der Waals surface area contributed by atoms with Crippen molar-refractivity contribution in [3.05, 3.63) is 29.3 Å². The summed E-state index contributed by atoms with van der Waals surface area (Å²) in [7, 11) is 0. The van der Waals surface area contributed by atoms with Crippen LogP contribution in [0.15, 0.2) is 18.2 Å². The summed E-state index contributed by atoms with van der Waals surface area (Å²) < 4.78 is 0. The van der Waals surface area contributed by atoms with Gasteiger partial charge in [-0.1, -0.05) is 32.0 Å². The van der Waals surface area contributed by atoms with Gasteiger partial charge in [0.15, 0.2) is 0 Å². The molecule has 1 aromatic carbocycles. The standard InChI is InChI=1S/C14H23NO/c1-5-11-8-7-9-12(6-2)13(11)15-14(3,4)10-16/h7-9,15-16H,5-6,10H2,1-4H3. The number of aliphatic hydroxyl groups is 1. The molecule has 0 aliphatic carbocycles. The van der Waals surface area contributed by atoms with Gasteiger partial charge in [-0.3, -0.25) is 0 Å². The van der Waals surface area contributed by atoms with Crippen LogP contribution >= 0.6 is 0 Å². The lowest BCUT2D eigenvalue weighted by molar-refractivity contribution is 0.234. The van der Waals surface area contributed by atoms with Crippen LogP contribution < -0.4 is 5.32 Å². The van der Waals surface area contributed by atoms with E-state index in [0.29, 0.717) is 0 Å². The molecule has 0 saturated heterocycles. The number of aliphatic hydroxyl groups excluding tert-OH is 1. The van der Waals surface area contributed by atoms with Crippen molar-refractivity contribution in [1.82, 2.24) is 0 Å². The zero-order valence-corrected chi connectivity index (χ0v) is 10.8. The predicted molar refractivity (Wildman–Crippen MR) is 70.0 cm³/mol. The highest BCUT2D eigenvalue weighted by molar-refractivity contribution is 5.59. The fourth-order valence-electron chi connectivity index (χ4n) is 1.78. The van der Waals surface area contributed by atoms with Crippen LogP contribution in [0.2, 0.25) is 0 Å². The Labute approximate surface area is 98.7 Å². The second-order valence-electron chi connectivity index (χ2n) is 4.83. The third-order valence-corrected chi connectivity index (χ3v) is 2.86. The molecule has 1 aromatic rings. The van der Waals surface area contributed by atoms with Gasteiger partial charge in [0, 0.05) is 5.69 Å². The van der Waals surface area contributed by atoms with Gasteiger partial charge in [-0.2, -0.15) is 0 Å². The highest BCUT2D eigenvalue weighted by Gasteiger charge is 2.18. The Morgan fingerprint density at radius 3 is 2.00 bits per heavy atom. The molecule has 16 heavy (non-hydrogen) atoms. The van der Waals surface area contributed by atoms with Crippen molar-refractivity contribution in [3.8, 4) is 0 Å². The van der Waals surface area contributed by atoms with Crippen LogP contribution in [0, 0.1) is 0 Å². The quantitative estimate of drug-likeness (QED) is 0.801. The van der Waals surface area contributed by atoms with Crippen LogP contribution in [0.1, 0.15) is 38.8 Å². The minimum absolute atomic E-state index is 0.133. The fourth-order valence-corrected chi connectivity index (χ4v) is 1.78. The van der Waals surface area contributed by atoms with Crippen LogP contribution in [0.5, 0.6) is 0 Å². The molecule has 0 aromatic heterocycles. The molecule has 0 spiro atoms. The third-order valence-electron chi connectivity index (χ3n) is 2.86. The van der Waals surface area contributed by atoms with Crippen LogP contribution in [0.25, 0.3) is 0 Å². The summed E-state index contributed by atoms with van der Waals surface area (Å²) in [5.41, 5.74) is 3.57. The summed E-state index contributed by atoms with van der Waals surface area (Å²) in [5, 5.41) is 12.8. The maximum absolute atomic E-state index is 9.32. The number of para-hydroxylation sites is 1. The second-order valence-corrected chi connectivity index (χ2v) is 4.83. The number of benzene rings is 1. The van der Waals surface area contributed by atoms with E-state index in [1.165, 1.54) is 16.8 Å². The monoisotopic (exact) mass is 221 g/mol. The summed E-state index contributed by atoms with van der Waals surface area (Å²) in [6, 6.07) is 6.40. The van der Waals surface area contributed by atoms with E-state index in [1.807, 2.05) is 13.8 Å². The molecule has 0 fully saturated rings. The SMILES string of the molecule is CCc1cccc(CC)c1NC(C)(C)CO. The predicted octanol–water partition coefficient (Wildman–Crippen LogP) is 2.99. The minimum atomic E-state index is -0.269. The Kier molecular flexibility index (Phi) is 4.36. The van der Waals surface area contributed by atoms with Gasteiger partial charge in [0.25, 0.3) is 0 Å². The molecule has 2 heteroatoms. The molecular formula is C14H23NO. The highest BCUT2D eigenvalue weighted by atomic mass is 16.3. The van der Waals surface area contributed by atoms with Crippen LogP contribution in [0.4, 0.5) is 5.69 Å². The lowest BCUT2D eigenvalue weighted by atomic mass is 9.99. The molecule has 0 aliphatic heterocycles. The lowest BCUT2D eigenvalue weighted by Crippen LogP contribution is -2.35. The van der Waals surface area contributed by atoms with Crippen molar-refractivity contribution in [3.63, 3.8) is 0 Å². The van der Waals surface area contributed by atoms with Crippen LogP contribution in [0.3, 0.4) is 0 Å². The maximum Gasteiger partial charge on any atom is 0.0656 e. The Morgan fingerprint density at radius 2 is 1.62 bits per heavy atom. The van der Waals surface area contributed by atoms with Gasteiger partial charge in [0.1, 0.15) is 0 Å². The third kappa shape index (κ3) is 2.99. The zero-order valence-electron chi connectivity index (χ0n) is 10.8. The molecule has 1 rings (SSSR count). The number of rotatable bonds is 5.